The average Bonchev–Trinajstić information content (AvgIpc) is 3.02. The zero-order chi connectivity index (χ0) is 35.3. The van der Waals surface area contributed by atoms with Crippen molar-refractivity contribution in [1.82, 2.24) is 19.9 Å². The molecule has 2 heterocycles. The Morgan fingerprint density at radius 1 is 0.574 bits per heavy atom. The summed E-state index contributed by atoms with van der Waals surface area (Å²) in [6, 6.07) is 7.43. The fourth-order valence-electron chi connectivity index (χ4n) is 4.06. The molecule has 0 atom stereocenters. The van der Waals surface area contributed by atoms with E-state index in [4.69, 9.17) is 68.9 Å². The normalized spacial score (nSPS) is 10.4. The van der Waals surface area contributed by atoms with Gasteiger partial charge in [0.1, 0.15) is 11.6 Å². The van der Waals surface area contributed by atoms with E-state index in [9.17, 15) is 0 Å². The first kappa shape index (κ1) is 37.7. The number of rotatable bonds is 10. The first-order chi connectivity index (χ1) is 22.2. The minimum absolute atomic E-state index is 0.154. The van der Waals surface area contributed by atoms with Crippen LogP contribution >= 0.6 is 0 Å². The van der Waals surface area contributed by atoms with Crippen LogP contribution in [0.1, 0.15) is 22.3 Å². The summed E-state index contributed by atoms with van der Waals surface area (Å²) in [7, 11) is 4.74. The van der Waals surface area contributed by atoms with Crippen molar-refractivity contribution in [3.05, 3.63) is 58.9 Å². The molecule has 10 N–H and O–H groups in total. The van der Waals surface area contributed by atoms with Crippen molar-refractivity contribution in [3.8, 4) is 34.5 Å². The second kappa shape index (κ2) is 17.2. The Kier molecular flexibility index (Phi) is 13.8. The maximum absolute atomic E-state index is 8.74. The second-order valence-corrected chi connectivity index (χ2v) is 10.0. The van der Waals surface area contributed by atoms with E-state index in [2.05, 4.69) is 19.9 Å². The van der Waals surface area contributed by atoms with E-state index in [1.54, 1.807) is 55.1 Å². The zero-order valence-corrected chi connectivity index (χ0v) is 27.4. The molecule has 18 nitrogen and oxygen atoms in total. The lowest BCUT2D eigenvalue weighted by molar-refractivity contribution is 0.324. The molecule has 0 bridgehead atoms. The van der Waals surface area contributed by atoms with Gasteiger partial charge in [-0.05, 0) is 35.4 Å². The molecule has 0 radical (unpaired) electrons. The quantitative estimate of drug-likeness (QED) is 0.130. The van der Waals surface area contributed by atoms with Crippen molar-refractivity contribution in [2.45, 2.75) is 12.8 Å². The van der Waals surface area contributed by atoms with Gasteiger partial charge >= 0.3 is 10.4 Å². The molecule has 2 aromatic carbocycles. The van der Waals surface area contributed by atoms with Crippen LogP contribution in [0.3, 0.4) is 0 Å². The molecule has 0 amide bonds. The predicted molar refractivity (Wildman–Crippen MR) is 174 cm³/mol. The number of nitrogens with two attached hydrogens (primary N) is 4. The SMILES string of the molecule is COc1cc(Cc2cnc(N)nc2N)cc(OC)c1OC.COc1cc(Cc2cnc(N)nc2N)cc(OC)c1OC.O=S(=O)(O)O. The monoisotopic (exact) mass is 678 g/mol. The Bertz CT molecular complexity index is 1590. The molecule has 0 unspecified atom stereocenters. The molecule has 4 rings (SSSR count). The highest BCUT2D eigenvalue weighted by Crippen LogP contribution is 2.40. The summed E-state index contributed by atoms with van der Waals surface area (Å²) in [6.45, 7) is 0. The standard InChI is InChI=1S/2C14H18N4O3.H2O4S/c2*1-19-10-5-8(6-11(20-2)12(10)21-3)4-9-7-17-14(16)18-13(9)15;1-5(2,3)4/h2*5-7H,4H2,1-3H3,(H4,15,16,17,18);(H2,1,2,3,4). The molecule has 0 aliphatic heterocycles. The van der Waals surface area contributed by atoms with Gasteiger partial charge in [-0.2, -0.15) is 18.4 Å². The number of anilines is 4. The number of ether oxygens (including phenoxy) is 6. The Balaban J connectivity index is 0.000000286. The average molecular weight is 679 g/mol. The van der Waals surface area contributed by atoms with Gasteiger partial charge in [-0.1, -0.05) is 0 Å². The number of hydrogen-bond acceptors (Lipinski definition) is 16. The van der Waals surface area contributed by atoms with Crippen LogP contribution in [0.5, 0.6) is 34.5 Å². The largest absolute Gasteiger partial charge is 0.493 e. The van der Waals surface area contributed by atoms with E-state index in [0.717, 1.165) is 22.3 Å². The highest BCUT2D eigenvalue weighted by atomic mass is 32.3. The summed E-state index contributed by atoms with van der Waals surface area (Å²) >= 11 is 0. The zero-order valence-electron chi connectivity index (χ0n) is 26.5. The Morgan fingerprint density at radius 3 is 1.06 bits per heavy atom. The molecule has 0 fully saturated rings. The summed E-state index contributed by atoms with van der Waals surface area (Å²) < 4.78 is 63.4. The molecule has 256 valence electrons. The molecule has 19 heteroatoms. The van der Waals surface area contributed by atoms with E-state index in [1.807, 2.05) is 24.3 Å². The molecular weight excluding hydrogens is 640 g/mol. The smallest absolute Gasteiger partial charge is 0.394 e. The van der Waals surface area contributed by atoms with Gasteiger partial charge in [0.05, 0.1) is 42.7 Å². The minimum Gasteiger partial charge on any atom is -0.493 e. The summed E-state index contributed by atoms with van der Waals surface area (Å²) in [5, 5.41) is 0. The number of benzene rings is 2. The van der Waals surface area contributed by atoms with Crippen molar-refractivity contribution in [1.29, 1.82) is 0 Å². The van der Waals surface area contributed by atoms with Crippen molar-refractivity contribution in [2.75, 3.05) is 65.6 Å². The molecule has 0 spiro atoms. The molecular formula is C28H38N8O10S. The molecule has 2 aromatic heterocycles. The first-order valence-corrected chi connectivity index (χ1v) is 14.6. The second-order valence-electron chi connectivity index (χ2n) is 9.15. The summed E-state index contributed by atoms with van der Waals surface area (Å²) in [6.07, 6.45) is 4.29. The van der Waals surface area contributed by atoms with Gasteiger partial charge in [-0.25, -0.2) is 9.97 Å². The fraction of sp³-hybridized carbons (Fsp3) is 0.286. The maximum atomic E-state index is 8.74. The van der Waals surface area contributed by atoms with Crippen molar-refractivity contribution in [3.63, 3.8) is 0 Å². The number of hydrogen-bond donors (Lipinski definition) is 6. The van der Waals surface area contributed by atoms with Crippen LogP contribution in [0.2, 0.25) is 0 Å². The van der Waals surface area contributed by atoms with Crippen molar-refractivity contribution in [2.24, 2.45) is 0 Å². The van der Waals surface area contributed by atoms with Crippen molar-refractivity contribution >= 4 is 33.9 Å². The lowest BCUT2D eigenvalue weighted by Gasteiger charge is -2.14. The van der Waals surface area contributed by atoms with Gasteiger partial charge in [0, 0.05) is 36.4 Å². The van der Waals surface area contributed by atoms with Crippen LogP contribution in [0, 0.1) is 0 Å². The Labute approximate surface area is 271 Å². The van der Waals surface area contributed by atoms with E-state index >= 15 is 0 Å². The van der Waals surface area contributed by atoms with Gasteiger partial charge < -0.3 is 51.4 Å². The summed E-state index contributed by atoms with van der Waals surface area (Å²) in [5.41, 5.74) is 26.1. The molecule has 4 aromatic rings. The topological polar surface area (TPSA) is 286 Å². The van der Waals surface area contributed by atoms with Crippen LogP contribution < -0.4 is 51.4 Å². The first-order valence-electron chi connectivity index (χ1n) is 13.2. The highest BCUT2D eigenvalue weighted by Gasteiger charge is 2.16. The van der Waals surface area contributed by atoms with E-state index in [-0.39, 0.29) is 11.9 Å². The van der Waals surface area contributed by atoms with Crippen LogP contribution in [-0.4, -0.2) is 80.1 Å². The highest BCUT2D eigenvalue weighted by molar-refractivity contribution is 7.79. The molecule has 0 aliphatic rings. The third kappa shape index (κ3) is 11.4. The number of methoxy groups -OCH3 is 6. The fourth-order valence-corrected chi connectivity index (χ4v) is 4.06. The van der Waals surface area contributed by atoms with Gasteiger partial charge in [0.25, 0.3) is 0 Å². The van der Waals surface area contributed by atoms with Gasteiger partial charge in [0.15, 0.2) is 23.0 Å². The van der Waals surface area contributed by atoms with Crippen LogP contribution in [0.15, 0.2) is 36.7 Å². The van der Waals surface area contributed by atoms with Crippen LogP contribution in [-0.2, 0) is 23.2 Å². The lowest BCUT2D eigenvalue weighted by Crippen LogP contribution is -2.04. The predicted octanol–water partition coefficient (Wildman–Crippen LogP) is 1.86. The summed E-state index contributed by atoms with van der Waals surface area (Å²) in [4.78, 5) is 15.8. The van der Waals surface area contributed by atoms with Gasteiger partial charge in [-0.3, -0.25) is 9.11 Å². The Hall–Kier alpha value is -5.53. The third-order valence-corrected chi connectivity index (χ3v) is 6.07. The number of nitrogen functional groups attached to an aromatic ring is 4. The maximum Gasteiger partial charge on any atom is 0.394 e. The molecule has 0 saturated carbocycles. The van der Waals surface area contributed by atoms with E-state index < -0.39 is 10.4 Å². The van der Waals surface area contributed by atoms with E-state index in [1.165, 1.54) is 0 Å². The minimum atomic E-state index is -4.67. The van der Waals surface area contributed by atoms with E-state index in [0.29, 0.717) is 59.0 Å². The van der Waals surface area contributed by atoms with Crippen LogP contribution in [0.4, 0.5) is 23.5 Å². The van der Waals surface area contributed by atoms with Gasteiger partial charge in [0.2, 0.25) is 23.4 Å². The molecule has 0 aliphatic carbocycles. The molecule has 0 saturated heterocycles. The number of aromatic nitrogens is 4. The van der Waals surface area contributed by atoms with Gasteiger partial charge in [-0.15, -0.1) is 0 Å². The third-order valence-electron chi connectivity index (χ3n) is 6.07. The lowest BCUT2D eigenvalue weighted by atomic mass is 10.1. The van der Waals surface area contributed by atoms with Crippen molar-refractivity contribution < 1.29 is 45.9 Å². The number of nitrogens with zero attached hydrogens (tertiary/aromatic N) is 4. The molecule has 47 heavy (non-hydrogen) atoms. The Morgan fingerprint density at radius 2 is 0.851 bits per heavy atom. The summed E-state index contributed by atoms with van der Waals surface area (Å²) in [5.74, 6) is 4.46. The van der Waals surface area contributed by atoms with Crippen LogP contribution in [0.25, 0.3) is 0 Å².